The van der Waals surface area contributed by atoms with Crippen LogP contribution in [0.2, 0.25) is 0 Å². The Morgan fingerprint density at radius 1 is 1.14 bits per heavy atom. The first-order valence-corrected chi connectivity index (χ1v) is 6.62. The van der Waals surface area contributed by atoms with Crippen LogP contribution >= 0.6 is 0 Å². The number of hydrogen-bond donors (Lipinski definition) is 0. The Bertz CT molecular complexity index is 744. The molecule has 0 amide bonds. The van der Waals surface area contributed by atoms with Gasteiger partial charge in [0.15, 0.2) is 5.76 Å². The Labute approximate surface area is 121 Å². The normalized spacial score (nSPS) is 10.8. The number of hydrogen-bond acceptors (Lipinski definition) is 3. The summed E-state index contributed by atoms with van der Waals surface area (Å²) in [6.07, 6.45) is 0. The number of nitrogens with zero attached hydrogens (tertiary/aromatic N) is 1. The first-order valence-electron chi connectivity index (χ1n) is 6.62. The molecular weight excluding hydrogens is 269 g/mol. The number of halogens is 1. The van der Waals surface area contributed by atoms with Gasteiger partial charge < -0.3 is 9.32 Å². The average Bonchev–Trinajstić information content (AvgIpc) is 2.92. The zero-order valence-electron chi connectivity index (χ0n) is 11.5. The molecule has 0 unspecified atom stereocenters. The van der Waals surface area contributed by atoms with Gasteiger partial charge in [0.05, 0.1) is 6.54 Å². The van der Waals surface area contributed by atoms with E-state index in [4.69, 9.17) is 4.42 Å². The second kappa shape index (κ2) is 5.40. The van der Waals surface area contributed by atoms with E-state index in [-0.39, 0.29) is 18.1 Å². The quantitative estimate of drug-likeness (QED) is 0.681. The van der Waals surface area contributed by atoms with Gasteiger partial charge in [0.1, 0.15) is 11.4 Å². The number of fused-ring (bicyclic) bond motifs is 1. The highest BCUT2D eigenvalue weighted by Crippen LogP contribution is 2.20. The van der Waals surface area contributed by atoms with Gasteiger partial charge >= 0.3 is 0 Å². The van der Waals surface area contributed by atoms with Gasteiger partial charge in [0.25, 0.3) is 0 Å². The zero-order chi connectivity index (χ0) is 14.8. The van der Waals surface area contributed by atoms with Gasteiger partial charge in [-0.3, -0.25) is 4.79 Å². The van der Waals surface area contributed by atoms with Crippen LogP contribution in [-0.4, -0.2) is 19.4 Å². The Balaban J connectivity index is 1.77. The number of likely N-dealkylation sites (N-methyl/N-ethyl adjacent to an activating group) is 1. The fraction of sp³-hybridized carbons (Fsp3) is 0.118. The lowest BCUT2D eigenvalue weighted by Gasteiger charge is -2.17. The Hall–Kier alpha value is -2.62. The monoisotopic (exact) mass is 283 g/mol. The van der Waals surface area contributed by atoms with E-state index in [1.54, 1.807) is 30.1 Å². The van der Waals surface area contributed by atoms with Crippen molar-refractivity contribution in [3.63, 3.8) is 0 Å². The fourth-order valence-electron chi connectivity index (χ4n) is 2.20. The largest absolute Gasteiger partial charge is 0.453 e. The second-order valence-corrected chi connectivity index (χ2v) is 4.90. The van der Waals surface area contributed by atoms with Crippen LogP contribution in [0.5, 0.6) is 0 Å². The van der Waals surface area contributed by atoms with Crippen molar-refractivity contribution in [3.05, 3.63) is 66.2 Å². The Kier molecular flexibility index (Phi) is 3.44. The third kappa shape index (κ3) is 2.79. The molecule has 0 fully saturated rings. The smallest absolute Gasteiger partial charge is 0.217 e. The van der Waals surface area contributed by atoms with Crippen LogP contribution in [0.1, 0.15) is 10.6 Å². The molecule has 1 heterocycles. The number of carbonyl (C=O) groups is 1. The van der Waals surface area contributed by atoms with Gasteiger partial charge in [-0.2, -0.15) is 0 Å². The number of carbonyl (C=O) groups excluding carboxylic acids is 1. The minimum atomic E-state index is -0.296. The minimum Gasteiger partial charge on any atom is -0.453 e. The molecular formula is C17H14FNO2. The molecule has 1 aromatic heterocycles. The SMILES string of the molecule is CN(CC(=O)c1cc2ccccc2o1)c1ccc(F)cc1. The lowest BCUT2D eigenvalue weighted by Crippen LogP contribution is -2.25. The van der Waals surface area contributed by atoms with E-state index >= 15 is 0 Å². The molecule has 0 saturated heterocycles. The van der Waals surface area contributed by atoms with Crippen molar-refractivity contribution in [3.8, 4) is 0 Å². The van der Waals surface area contributed by atoms with Gasteiger partial charge in [-0.1, -0.05) is 18.2 Å². The summed E-state index contributed by atoms with van der Waals surface area (Å²) in [4.78, 5) is 14.0. The maximum absolute atomic E-state index is 12.9. The highest BCUT2D eigenvalue weighted by Gasteiger charge is 2.14. The van der Waals surface area contributed by atoms with Crippen molar-refractivity contribution in [1.82, 2.24) is 0 Å². The van der Waals surface area contributed by atoms with E-state index < -0.39 is 0 Å². The molecule has 0 aliphatic rings. The molecule has 0 bridgehead atoms. The highest BCUT2D eigenvalue weighted by atomic mass is 19.1. The van der Waals surface area contributed by atoms with Crippen LogP contribution in [0.4, 0.5) is 10.1 Å². The van der Waals surface area contributed by atoms with Crippen LogP contribution < -0.4 is 4.90 Å². The van der Waals surface area contributed by atoms with Gasteiger partial charge in [0.2, 0.25) is 5.78 Å². The molecule has 0 atom stereocenters. The summed E-state index contributed by atoms with van der Waals surface area (Å²) in [6.45, 7) is 0.172. The van der Waals surface area contributed by atoms with Crippen molar-refractivity contribution in [2.75, 3.05) is 18.5 Å². The van der Waals surface area contributed by atoms with E-state index in [1.165, 1.54) is 12.1 Å². The molecule has 3 aromatic rings. The van der Waals surface area contributed by atoms with Crippen molar-refractivity contribution >= 4 is 22.4 Å². The van der Waals surface area contributed by atoms with Crippen LogP contribution in [0.25, 0.3) is 11.0 Å². The summed E-state index contributed by atoms with van der Waals surface area (Å²) in [5, 5.41) is 0.908. The number of furan rings is 1. The number of ketones is 1. The van der Waals surface area contributed by atoms with Crippen LogP contribution in [-0.2, 0) is 0 Å². The van der Waals surface area contributed by atoms with Gasteiger partial charge in [-0.05, 0) is 36.4 Å². The van der Waals surface area contributed by atoms with E-state index in [9.17, 15) is 9.18 Å². The van der Waals surface area contributed by atoms with Crippen molar-refractivity contribution < 1.29 is 13.6 Å². The fourth-order valence-corrected chi connectivity index (χ4v) is 2.20. The molecule has 0 saturated carbocycles. The molecule has 0 aliphatic carbocycles. The number of benzene rings is 2. The van der Waals surface area contributed by atoms with Crippen molar-refractivity contribution in [1.29, 1.82) is 0 Å². The number of anilines is 1. The third-order valence-corrected chi connectivity index (χ3v) is 3.35. The topological polar surface area (TPSA) is 33.5 Å². The molecule has 2 aromatic carbocycles. The lowest BCUT2D eigenvalue weighted by molar-refractivity contribution is 0.0976. The zero-order valence-corrected chi connectivity index (χ0v) is 11.5. The van der Waals surface area contributed by atoms with Crippen LogP contribution in [0.15, 0.2) is 59.0 Å². The third-order valence-electron chi connectivity index (χ3n) is 3.35. The van der Waals surface area contributed by atoms with Crippen molar-refractivity contribution in [2.45, 2.75) is 0 Å². The molecule has 0 spiro atoms. The first kappa shape index (κ1) is 13.4. The lowest BCUT2D eigenvalue weighted by atomic mass is 10.2. The van der Waals surface area contributed by atoms with Crippen LogP contribution in [0, 0.1) is 5.82 Å². The Morgan fingerprint density at radius 2 is 1.86 bits per heavy atom. The number of Topliss-reactive ketones (excluding diaryl/α,β-unsaturated/α-hetero) is 1. The van der Waals surface area contributed by atoms with E-state index in [0.29, 0.717) is 11.3 Å². The van der Waals surface area contributed by atoms with Crippen molar-refractivity contribution in [2.24, 2.45) is 0 Å². The first-order chi connectivity index (χ1) is 10.1. The maximum atomic E-state index is 12.9. The summed E-state index contributed by atoms with van der Waals surface area (Å²) in [6, 6.07) is 15.3. The van der Waals surface area contributed by atoms with E-state index in [1.807, 2.05) is 24.3 Å². The molecule has 0 aliphatic heterocycles. The molecule has 0 N–H and O–H groups in total. The summed E-state index contributed by atoms with van der Waals surface area (Å²) < 4.78 is 18.4. The predicted molar refractivity (Wildman–Crippen MR) is 80.2 cm³/mol. The predicted octanol–water partition coefficient (Wildman–Crippen LogP) is 3.89. The molecule has 3 nitrogen and oxygen atoms in total. The summed E-state index contributed by atoms with van der Waals surface area (Å²) in [5.41, 5.74) is 1.48. The second-order valence-electron chi connectivity index (χ2n) is 4.90. The van der Waals surface area contributed by atoms with Gasteiger partial charge in [0, 0.05) is 18.1 Å². The average molecular weight is 283 g/mol. The number of rotatable bonds is 4. The Morgan fingerprint density at radius 3 is 2.57 bits per heavy atom. The molecule has 106 valence electrons. The van der Waals surface area contributed by atoms with Gasteiger partial charge in [-0.25, -0.2) is 4.39 Å². The van der Waals surface area contributed by atoms with Crippen LogP contribution in [0.3, 0.4) is 0 Å². The molecule has 3 rings (SSSR count). The summed E-state index contributed by atoms with van der Waals surface area (Å²) in [7, 11) is 1.79. The van der Waals surface area contributed by atoms with E-state index in [0.717, 1.165) is 11.1 Å². The highest BCUT2D eigenvalue weighted by molar-refractivity contribution is 6.00. The number of para-hydroxylation sites is 1. The van der Waals surface area contributed by atoms with Gasteiger partial charge in [-0.15, -0.1) is 0 Å². The maximum Gasteiger partial charge on any atom is 0.217 e. The summed E-state index contributed by atoms with van der Waals surface area (Å²) in [5.74, 6) is -0.0704. The molecule has 0 radical (unpaired) electrons. The minimum absolute atomic E-state index is 0.113. The van der Waals surface area contributed by atoms with E-state index in [2.05, 4.69) is 0 Å². The molecule has 21 heavy (non-hydrogen) atoms. The molecule has 4 heteroatoms. The summed E-state index contributed by atoms with van der Waals surface area (Å²) >= 11 is 0. The standard InChI is InChI=1S/C17H14FNO2/c1-19(14-8-6-13(18)7-9-14)11-15(20)17-10-12-4-2-3-5-16(12)21-17/h2-10H,11H2,1H3.